The van der Waals surface area contributed by atoms with Gasteiger partial charge in [0, 0.05) is 44.0 Å². The molecule has 2 aromatic rings. The van der Waals surface area contributed by atoms with E-state index in [1.54, 1.807) is 23.1 Å². The van der Waals surface area contributed by atoms with Crippen molar-refractivity contribution in [3.05, 3.63) is 47.8 Å². The molecule has 1 amide bonds. The van der Waals surface area contributed by atoms with Gasteiger partial charge in [-0.05, 0) is 18.2 Å². The van der Waals surface area contributed by atoms with E-state index in [-0.39, 0.29) is 5.91 Å². The standard InChI is InChI=1S/C19H19N5O3/c20-11-14-2-1-3-16(10-14)23-18-21-12-15(13-22-18)17(25)24-6-4-19(5-7-24)26-8-9-27-19/h1-3,10,12-13H,4-9H2,(H,21,22,23). The topological polar surface area (TPSA) is 100 Å². The lowest BCUT2D eigenvalue weighted by molar-refractivity contribution is -0.181. The van der Waals surface area contributed by atoms with Gasteiger partial charge in [0.05, 0.1) is 30.4 Å². The third-order valence-electron chi connectivity index (χ3n) is 4.77. The fourth-order valence-corrected chi connectivity index (χ4v) is 3.32. The van der Waals surface area contributed by atoms with Crippen LogP contribution in [0.1, 0.15) is 28.8 Å². The molecule has 2 aliphatic heterocycles. The Kier molecular flexibility index (Phi) is 4.71. The van der Waals surface area contributed by atoms with E-state index in [0.29, 0.717) is 61.9 Å². The Bertz CT molecular complexity index is 862. The van der Waals surface area contributed by atoms with E-state index >= 15 is 0 Å². The van der Waals surface area contributed by atoms with Crippen molar-refractivity contribution in [1.82, 2.24) is 14.9 Å². The Hall–Kier alpha value is -3.02. The molecule has 0 saturated carbocycles. The lowest BCUT2D eigenvalue weighted by atomic mass is 10.0. The molecule has 2 saturated heterocycles. The van der Waals surface area contributed by atoms with E-state index in [4.69, 9.17) is 14.7 Å². The first-order valence-corrected chi connectivity index (χ1v) is 8.84. The first-order valence-electron chi connectivity index (χ1n) is 8.84. The van der Waals surface area contributed by atoms with Crippen LogP contribution in [0.3, 0.4) is 0 Å². The zero-order valence-electron chi connectivity index (χ0n) is 14.7. The van der Waals surface area contributed by atoms with Crippen molar-refractivity contribution in [3.8, 4) is 6.07 Å². The number of carbonyl (C=O) groups is 1. The number of hydrogen-bond donors (Lipinski definition) is 1. The number of nitrogens with zero attached hydrogens (tertiary/aromatic N) is 4. The van der Waals surface area contributed by atoms with Crippen LogP contribution in [0.15, 0.2) is 36.7 Å². The lowest BCUT2D eigenvalue weighted by Crippen LogP contribution is -2.47. The number of amides is 1. The summed E-state index contributed by atoms with van der Waals surface area (Å²) in [5, 5.41) is 12.0. The lowest BCUT2D eigenvalue weighted by Gasteiger charge is -2.37. The van der Waals surface area contributed by atoms with Crippen LogP contribution in [0.4, 0.5) is 11.6 Å². The highest BCUT2D eigenvalue weighted by atomic mass is 16.7. The van der Waals surface area contributed by atoms with Gasteiger partial charge < -0.3 is 19.7 Å². The molecule has 2 fully saturated rings. The van der Waals surface area contributed by atoms with Crippen molar-refractivity contribution >= 4 is 17.5 Å². The fraction of sp³-hybridized carbons (Fsp3) is 0.368. The molecule has 1 aromatic carbocycles. The summed E-state index contributed by atoms with van der Waals surface area (Å²) in [4.78, 5) is 22.9. The predicted octanol–water partition coefficient (Wildman–Crippen LogP) is 2.07. The molecule has 0 unspecified atom stereocenters. The van der Waals surface area contributed by atoms with E-state index in [1.807, 2.05) is 6.07 Å². The van der Waals surface area contributed by atoms with Crippen LogP contribution >= 0.6 is 0 Å². The number of nitrogens with one attached hydrogen (secondary N) is 1. The third-order valence-corrected chi connectivity index (χ3v) is 4.77. The minimum Gasteiger partial charge on any atom is -0.347 e. The zero-order chi connectivity index (χ0) is 18.7. The SMILES string of the molecule is N#Cc1cccc(Nc2ncc(C(=O)N3CCC4(CC3)OCCO4)cn2)c1. The number of piperidine rings is 1. The summed E-state index contributed by atoms with van der Waals surface area (Å²) >= 11 is 0. The molecule has 3 heterocycles. The summed E-state index contributed by atoms with van der Waals surface area (Å²) in [6.07, 6.45) is 4.38. The van der Waals surface area contributed by atoms with Gasteiger partial charge in [0.25, 0.3) is 5.91 Å². The number of anilines is 2. The molecule has 4 rings (SSSR count). The monoisotopic (exact) mass is 365 g/mol. The smallest absolute Gasteiger partial charge is 0.256 e. The van der Waals surface area contributed by atoms with Crippen LogP contribution < -0.4 is 5.32 Å². The van der Waals surface area contributed by atoms with Crippen LogP contribution in [0.25, 0.3) is 0 Å². The van der Waals surface area contributed by atoms with Crippen molar-refractivity contribution in [1.29, 1.82) is 5.26 Å². The maximum absolute atomic E-state index is 12.7. The van der Waals surface area contributed by atoms with Crippen molar-refractivity contribution in [3.63, 3.8) is 0 Å². The van der Waals surface area contributed by atoms with Crippen molar-refractivity contribution in [2.75, 3.05) is 31.6 Å². The number of aromatic nitrogens is 2. The highest BCUT2D eigenvalue weighted by Crippen LogP contribution is 2.31. The van der Waals surface area contributed by atoms with Gasteiger partial charge in [-0.3, -0.25) is 4.79 Å². The molecule has 2 aliphatic rings. The molecule has 1 aromatic heterocycles. The van der Waals surface area contributed by atoms with E-state index in [9.17, 15) is 4.79 Å². The number of likely N-dealkylation sites (tertiary alicyclic amines) is 1. The summed E-state index contributed by atoms with van der Waals surface area (Å²) in [6.45, 7) is 2.40. The molecular weight excluding hydrogens is 346 g/mol. The Morgan fingerprint density at radius 3 is 2.56 bits per heavy atom. The second-order valence-corrected chi connectivity index (χ2v) is 6.51. The average Bonchev–Trinajstić information content (AvgIpc) is 3.17. The van der Waals surface area contributed by atoms with Crippen molar-refractivity contribution < 1.29 is 14.3 Å². The van der Waals surface area contributed by atoms with Crippen LogP contribution in [0, 0.1) is 11.3 Å². The minimum atomic E-state index is -0.501. The number of benzene rings is 1. The van der Waals surface area contributed by atoms with Crippen LogP contribution in [0.2, 0.25) is 0 Å². The highest BCUT2D eigenvalue weighted by Gasteiger charge is 2.40. The number of nitriles is 1. The molecule has 8 heteroatoms. The molecule has 0 bridgehead atoms. The van der Waals surface area contributed by atoms with Crippen molar-refractivity contribution in [2.24, 2.45) is 0 Å². The molecule has 27 heavy (non-hydrogen) atoms. The van der Waals surface area contributed by atoms with Gasteiger partial charge in [0.1, 0.15) is 0 Å². The van der Waals surface area contributed by atoms with E-state index in [0.717, 1.165) is 0 Å². The molecule has 0 atom stereocenters. The number of ether oxygens (including phenoxy) is 2. The predicted molar refractivity (Wildman–Crippen MR) is 96.2 cm³/mol. The first-order chi connectivity index (χ1) is 13.2. The van der Waals surface area contributed by atoms with Crippen molar-refractivity contribution in [2.45, 2.75) is 18.6 Å². The Balaban J connectivity index is 1.38. The number of hydrogen-bond acceptors (Lipinski definition) is 7. The molecular formula is C19H19N5O3. The third kappa shape index (κ3) is 3.74. The summed E-state index contributed by atoms with van der Waals surface area (Å²) in [6, 6.07) is 9.11. The maximum Gasteiger partial charge on any atom is 0.256 e. The molecule has 0 radical (unpaired) electrons. The first kappa shape index (κ1) is 17.4. The Labute approximate surface area is 156 Å². The summed E-state index contributed by atoms with van der Waals surface area (Å²) in [5.74, 6) is -0.230. The molecule has 1 spiro atoms. The zero-order valence-corrected chi connectivity index (χ0v) is 14.7. The van der Waals surface area contributed by atoms with E-state index in [2.05, 4.69) is 21.4 Å². The largest absolute Gasteiger partial charge is 0.347 e. The Morgan fingerprint density at radius 1 is 1.19 bits per heavy atom. The van der Waals surface area contributed by atoms with Gasteiger partial charge in [-0.15, -0.1) is 0 Å². The number of rotatable bonds is 3. The molecule has 1 N–H and O–H groups in total. The maximum atomic E-state index is 12.7. The second-order valence-electron chi connectivity index (χ2n) is 6.51. The van der Waals surface area contributed by atoms with Gasteiger partial charge in [0.15, 0.2) is 5.79 Å². The molecule has 0 aliphatic carbocycles. The van der Waals surface area contributed by atoms with E-state index in [1.165, 1.54) is 12.4 Å². The quantitative estimate of drug-likeness (QED) is 0.888. The van der Waals surface area contributed by atoms with Gasteiger partial charge >= 0.3 is 0 Å². The Morgan fingerprint density at radius 2 is 1.89 bits per heavy atom. The molecule has 8 nitrogen and oxygen atoms in total. The van der Waals surface area contributed by atoms with Crippen LogP contribution in [-0.2, 0) is 9.47 Å². The van der Waals surface area contributed by atoms with Crippen LogP contribution in [0.5, 0.6) is 0 Å². The van der Waals surface area contributed by atoms with Gasteiger partial charge in [0.2, 0.25) is 5.95 Å². The van der Waals surface area contributed by atoms with Gasteiger partial charge in [-0.1, -0.05) is 6.07 Å². The second kappa shape index (κ2) is 7.31. The summed E-state index contributed by atoms with van der Waals surface area (Å²) in [7, 11) is 0. The molecule has 138 valence electrons. The number of carbonyl (C=O) groups excluding carboxylic acids is 1. The van der Waals surface area contributed by atoms with Gasteiger partial charge in [-0.2, -0.15) is 5.26 Å². The normalized spacial score (nSPS) is 18.3. The highest BCUT2D eigenvalue weighted by molar-refractivity contribution is 5.93. The average molecular weight is 365 g/mol. The fourth-order valence-electron chi connectivity index (χ4n) is 3.32. The minimum absolute atomic E-state index is 0.0964. The van der Waals surface area contributed by atoms with E-state index < -0.39 is 5.79 Å². The van der Waals surface area contributed by atoms with Crippen LogP contribution in [-0.4, -0.2) is 52.9 Å². The summed E-state index contributed by atoms with van der Waals surface area (Å²) in [5.41, 5.74) is 1.70. The van der Waals surface area contributed by atoms with Gasteiger partial charge in [-0.25, -0.2) is 9.97 Å². The summed E-state index contributed by atoms with van der Waals surface area (Å²) < 4.78 is 11.4.